The van der Waals surface area contributed by atoms with Crippen LogP contribution in [-0.4, -0.2) is 23.6 Å². The van der Waals surface area contributed by atoms with Gasteiger partial charge in [0.1, 0.15) is 12.4 Å². The van der Waals surface area contributed by atoms with Gasteiger partial charge in [0.15, 0.2) is 5.78 Å². The second-order valence-electron chi connectivity index (χ2n) is 6.35. The van der Waals surface area contributed by atoms with E-state index in [2.05, 4.69) is 0 Å². The summed E-state index contributed by atoms with van der Waals surface area (Å²) in [6.45, 7) is -0.542. The van der Waals surface area contributed by atoms with Crippen molar-refractivity contribution >= 4 is 23.4 Å². The molecule has 3 aromatic rings. The van der Waals surface area contributed by atoms with E-state index in [0.717, 1.165) is 0 Å². The summed E-state index contributed by atoms with van der Waals surface area (Å²) in [6.07, 6.45) is 0. The molecule has 1 atom stereocenters. The number of hydrogen-bond acceptors (Lipinski definition) is 6. The molecule has 6 nitrogen and oxygen atoms in total. The molecule has 29 heavy (non-hydrogen) atoms. The van der Waals surface area contributed by atoms with E-state index >= 15 is 0 Å². The molecule has 0 amide bonds. The van der Waals surface area contributed by atoms with Gasteiger partial charge < -0.3 is 9.47 Å². The molecule has 1 unspecified atom stereocenters. The van der Waals surface area contributed by atoms with E-state index in [1.54, 1.807) is 60.7 Å². The molecule has 1 aliphatic carbocycles. The van der Waals surface area contributed by atoms with Gasteiger partial charge >= 0.3 is 5.97 Å². The number of ether oxygens (including phenoxy) is 2. The fraction of sp³-hybridized carbons (Fsp3) is 0.0909. The van der Waals surface area contributed by atoms with E-state index in [9.17, 15) is 14.8 Å². The van der Waals surface area contributed by atoms with E-state index in [1.165, 1.54) is 12.1 Å². The summed E-state index contributed by atoms with van der Waals surface area (Å²) in [6, 6.07) is 19.6. The van der Waals surface area contributed by atoms with Gasteiger partial charge in [0.2, 0.25) is 0 Å². The number of ketones is 1. The Balaban J connectivity index is 1.71. The minimum absolute atomic E-state index is 0.210. The molecule has 0 saturated carbocycles. The first-order chi connectivity index (χ1) is 14.0. The first kappa shape index (κ1) is 19.3. The van der Waals surface area contributed by atoms with Gasteiger partial charge in [-0.2, -0.15) is 4.89 Å². The number of esters is 1. The Morgan fingerprint density at radius 2 is 1.62 bits per heavy atom. The second kappa shape index (κ2) is 7.77. The summed E-state index contributed by atoms with van der Waals surface area (Å²) in [5.41, 5.74) is 0.991. The first-order valence-electron chi connectivity index (χ1n) is 8.71. The zero-order chi connectivity index (χ0) is 20.4. The maximum absolute atomic E-state index is 12.9. The molecular formula is C22H15ClO6. The number of carbonyl (C=O) groups excluding carboxylic acids is 2. The maximum Gasteiger partial charge on any atom is 0.337 e. The lowest BCUT2D eigenvalue weighted by Crippen LogP contribution is -2.41. The van der Waals surface area contributed by atoms with Crippen LogP contribution in [0.1, 0.15) is 27.0 Å². The average molecular weight is 411 g/mol. The van der Waals surface area contributed by atoms with Crippen LogP contribution >= 0.6 is 11.6 Å². The molecule has 7 heteroatoms. The third-order valence-corrected chi connectivity index (χ3v) is 4.84. The predicted octanol–water partition coefficient (Wildman–Crippen LogP) is 4.20. The summed E-state index contributed by atoms with van der Waals surface area (Å²) in [7, 11) is 0. The van der Waals surface area contributed by atoms with Gasteiger partial charge in [-0.3, -0.25) is 4.79 Å². The van der Waals surface area contributed by atoms with Crippen molar-refractivity contribution in [3.8, 4) is 5.75 Å². The highest BCUT2D eigenvalue weighted by Crippen LogP contribution is 2.43. The van der Waals surface area contributed by atoms with Crippen molar-refractivity contribution in [3.05, 3.63) is 100 Å². The van der Waals surface area contributed by atoms with Crippen LogP contribution in [0.3, 0.4) is 0 Å². The van der Waals surface area contributed by atoms with Gasteiger partial charge in [0.25, 0.3) is 5.79 Å². The molecule has 1 aliphatic rings. The topological polar surface area (TPSA) is 82.1 Å². The van der Waals surface area contributed by atoms with Crippen LogP contribution in [0.5, 0.6) is 5.75 Å². The standard InChI is InChI=1S/C22H15ClO6/c23-14-10-11-19-17(12-14)21(25)16-8-4-5-9-18(16)22(19,29-26)27-13-20(24)28-15-6-2-1-3-7-15/h1-12,26H,13H2. The van der Waals surface area contributed by atoms with Crippen molar-refractivity contribution in [2.45, 2.75) is 5.79 Å². The fourth-order valence-electron chi connectivity index (χ4n) is 3.34. The molecular weight excluding hydrogens is 396 g/mol. The monoisotopic (exact) mass is 410 g/mol. The van der Waals surface area contributed by atoms with Gasteiger partial charge in [-0.05, 0) is 24.3 Å². The molecule has 0 bridgehead atoms. The molecule has 146 valence electrons. The lowest BCUT2D eigenvalue weighted by Gasteiger charge is -2.36. The summed E-state index contributed by atoms with van der Waals surface area (Å²) >= 11 is 6.05. The number of halogens is 1. The highest BCUT2D eigenvalue weighted by atomic mass is 35.5. The van der Waals surface area contributed by atoms with Crippen molar-refractivity contribution in [1.29, 1.82) is 0 Å². The van der Waals surface area contributed by atoms with Crippen LogP contribution in [0.15, 0.2) is 72.8 Å². The quantitative estimate of drug-likeness (QED) is 0.223. The van der Waals surface area contributed by atoms with Crippen LogP contribution in [-0.2, 0) is 20.2 Å². The van der Waals surface area contributed by atoms with Gasteiger partial charge in [-0.15, -0.1) is 0 Å². The van der Waals surface area contributed by atoms with Crippen molar-refractivity contribution in [2.75, 3.05) is 6.61 Å². The summed E-state index contributed by atoms with van der Waals surface area (Å²) in [5.74, 6) is -2.52. The number of fused-ring (bicyclic) bond motifs is 2. The van der Waals surface area contributed by atoms with Gasteiger partial charge in [0, 0.05) is 27.3 Å². The Morgan fingerprint density at radius 3 is 2.38 bits per heavy atom. The Kier molecular flexibility index (Phi) is 5.17. The van der Waals surface area contributed by atoms with E-state index in [4.69, 9.17) is 26.0 Å². The largest absolute Gasteiger partial charge is 0.425 e. The zero-order valence-corrected chi connectivity index (χ0v) is 15.8. The van der Waals surface area contributed by atoms with Crippen LogP contribution in [0.25, 0.3) is 0 Å². The van der Waals surface area contributed by atoms with Crippen molar-refractivity contribution in [2.24, 2.45) is 0 Å². The summed E-state index contributed by atoms with van der Waals surface area (Å²) < 4.78 is 11.0. The number of benzene rings is 3. The summed E-state index contributed by atoms with van der Waals surface area (Å²) in [4.78, 5) is 30.0. The van der Waals surface area contributed by atoms with Crippen molar-refractivity contribution < 1.29 is 29.2 Å². The molecule has 0 aromatic heterocycles. The van der Waals surface area contributed by atoms with E-state index in [1.807, 2.05) is 0 Å². The maximum atomic E-state index is 12.9. The number of carbonyl (C=O) groups is 2. The predicted molar refractivity (Wildman–Crippen MR) is 104 cm³/mol. The fourth-order valence-corrected chi connectivity index (χ4v) is 3.51. The molecule has 3 aromatic carbocycles. The van der Waals surface area contributed by atoms with Crippen LogP contribution in [0.4, 0.5) is 0 Å². The Labute approximate surface area is 171 Å². The molecule has 0 fully saturated rings. The number of rotatable bonds is 5. The molecule has 0 saturated heterocycles. The van der Waals surface area contributed by atoms with E-state index in [-0.39, 0.29) is 28.0 Å². The first-order valence-corrected chi connectivity index (χ1v) is 9.09. The minimum Gasteiger partial charge on any atom is -0.425 e. The zero-order valence-electron chi connectivity index (χ0n) is 15.0. The normalized spacial score (nSPS) is 17.4. The van der Waals surface area contributed by atoms with Crippen molar-refractivity contribution in [1.82, 2.24) is 0 Å². The number of hydrogen-bond donors (Lipinski definition) is 1. The third-order valence-electron chi connectivity index (χ3n) is 4.60. The summed E-state index contributed by atoms with van der Waals surface area (Å²) in [5, 5.41) is 10.2. The molecule has 0 aliphatic heterocycles. The van der Waals surface area contributed by atoms with Crippen LogP contribution < -0.4 is 4.74 Å². The third kappa shape index (κ3) is 3.43. The highest BCUT2D eigenvalue weighted by Gasteiger charge is 2.47. The molecule has 1 N–H and O–H groups in total. The molecule has 0 heterocycles. The Morgan fingerprint density at radius 1 is 0.931 bits per heavy atom. The van der Waals surface area contributed by atoms with Gasteiger partial charge in [0.05, 0.1) is 0 Å². The second-order valence-corrected chi connectivity index (χ2v) is 6.78. The molecule has 0 radical (unpaired) electrons. The highest BCUT2D eigenvalue weighted by molar-refractivity contribution is 6.31. The lowest BCUT2D eigenvalue weighted by atomic mass is 9.80. The van der Waals surface area contributed by atoms with Crippen LogP contribution in [0.2, 0.25) is 5.02 Å². The van der Waals surface area contributed by atoms with Gasteiger partial charge in [-0.1, -0.05) is 60.1 Å². The van der Waals surface area contributed by atoms with Gasteiger partial charge in [-0.25, -0.2) is 10.1 Å². The van der Waals surface area contributed by atoms with E-state index in [0.29, 0.717) is 10.8 Å². The lowest BCUT2D eigenvalue weighted by molar-refractivity contribution is -0.394. The Bertz CT molecular complexity index is 1080. The SMILES string of the molecule is O=C(COC1(OO)c2ccccc2C(=O)c2cc(Cl)ccc21)Oc1ccccc1. The van der Waals surface area contributed by atoms with E-state index < -0.39 is 18.4 Å². The molecule has 0 spiro atoms. The van der Waals surface area contributed by atoms with Crippen LogP contribution in [0, 0.1) is 0 Å². The minimum atomic E-state index is -1.89. The molecule has 4 rings (SSSR count). The smallest absolute Gasteiger partial charge is 0.337 e. The van der Waals surface area contributed by atoms with Crippen molar-refractivity contribution in [3.63, 3.8) is 0 Å². The Hall–Kier alpha value is -3.03. The number of para-hydroxylation sites is 1. The average Bonchev–Trinajstić information content (AvgIpc) is 2.75.